The van der Waals surface area contributed by atoms with E-state index in [0.29, 0.717) is 6.42 Å². The van der Waals surface area contributed by atoms with Gasteiger partial charge in [-0.3, -0.25) is 18.6 Å². The minimum Gasteiger partial charge on any atom is -0.462 e. The van der Waals surface area contributed by atoms with Crippen molar-refractivity contribution in [3.8, 4) is 0 Å². The van der Waals surface area contributed by atoms with Crippen molar-refractivity contribution in [1.29, 1.82) is 0 Å². The summed E-state index contributed by atoms with van der Waals surface area (Å²) in [5.41, 5.74) is 5.39. The zero-order valence-electron chi connectivity index (χ0n) is 51.3. The van der Waals surface area contributed by atoms with Gasteiger partial charge >= 0.3 is 19.8 Å². The average molecular weight is 1130 g/mol. The molecule has 0 saturated heterocycles. The van der Waals surface area contributed by atoms with Crippen LogP contribution in [0.25, 0.3) is 0 Å². The predicted molar refractivity (Wildman–Crippen MR) is 339 cm³/mol. The highest BCUT2D eigenvalue weighted by Gasteiger charge is 2.26. The predicted octanol–water partition coefficient (Wildman–Crippen LogP) is 21.4. The number of carbonyl (C=O) groups is 2. The van der Waals surface area contributed by atoms with Gasteiger partial charge in [0.2, 0.25) is 0 Å². The summed E-state index contributed by atoms with van der Waals surface area (Å²) < 4.78 is 33.1. The Kier molecular flexibility index (Phi) is 62.1. The fourth-order valence-electron chi connectivity index (χ4n) is 9.40. The van der Waals surface area contributed by atoms with Crippen LogP contribution in [0.4, 0.5) is 0 Å². The molecule has 2 atom stereocenters. The lowest BCUT2D eigenvalue weighted by molar-refractivity contribution is -0.161. The highest BCUT2D eigenvalue weighted by atomic mass is 31.2. The number of esters is 2. The van der Waals surface area contributed by atoms with E-state index in [2.05, 4.69) is 98.9 Å². The van der Waals surface area contributed by atoms with Gasteiger partial charge in [-0.25, -0.2) is 4.57 Å². The summed E-state index contributed by atoms with van der Waals surface area (Å²) in [6.45, 7) is 3.65. The van der Waals surface area contributed by atoms with E-state index in [4.69, 9.17) is 24.3 Å². The molecule has 10 heteroatoms. The van der Waals surface area contributed by atoms with Gasteiger partial charge in [0.15, 0.2) is 6.10 Å². The maximum atomic E-state index is 12.7. The number of hydrogen-bond donors (Lipinski definition) is 2. The normalized spacial score (nSPS) is 13.5. The first kappa shape index (κ1) is 76.2. The van der Waals surface area contributed by atoms with E-state index in [1.54, 1.807) is 0 Å². The molecule has 2 unspecified atom stereocenters. The molecule has 0 bridgehead atoms. The first-order chi connectivity index (χ1) is 38.8. The monoisotopic (exact) mass is 1130 g/mol. The van der Waals surface area contributed by atoms with Gasteiger partial charge in [0.1, 0.15) is 6.61 Å². The molecule has 0 rings (SSSR count). The average Bonchev–Trinajstić information content (AvgIpc) is 3.44. The van der Waals surface area contributed by atoms with Gasteiger partial charge in [-0.15, -0.1) is 0 Å². The van der Waals surface area contributed by atoms with Crippen LogP contribution in [0.2, 0.25) is 0 Å². The second kappa shape index (κ2) is 64.4. The largest absolute Gasteiger partial charge is 0.472 e. The molecule has 9 nitrogen and oxygen atoms in total. The number of unbranched alkanes of at least 4 members (excludes halogenated alkanes) is 35. The van der Waals surface area contributed by atoms with E-state index in [0.717, 1.165) is 83.5 Å². The minimum atomic E-state index is -4.40. The lowest BCUT2D eigenvalue weighted by Crippen LogP contribution is -2.29. The number of phosphoric acid groups is 1. The molecule has 79 heavy (non-hydrogen) atoms. The molecule has 0 aliphatic heterocycles. The molecule has 0 saturated carbocycles. The molecule has 0 radical (unpaired) electrons. The Bertz CT molecular complexity index is 1570. The van der Waals surface area contributed by atoms with Crippen LogP contribution in [0.3, 0.4) is 0 Å². The Morgan fingerprint density at radius 1 is 0.392 bits per heavy atom. The van der Waals surface area contributed by atoms with Crippen molar-refractivity contribution in [3.05, 3.63) is 85.1 Å². The molecule has 458 valence electrons. The van der Waals surface area contributed by atoms with Crippen molar-refractivity contribution in [2.45, 2.75) is 315 Å². The maximum absolute atomic E-state index is 12.7. The van der Waals surface area contributed by atoms with Crippen molar-refractivity contribution in [2.24, 2.45) is 5.73 Å². The molecular weight excluding hydrogens is 1000 g/mol. The lowest BCUT2D eigenvalue weighted by Gasteiger charge is -2.19. The molecule has 0 aromatic heterocycles. The van der Waals surface area contributed by atoms with Crippen LogP contribution in [-0.4, -0.2) is 49.3 Å². The van der Waals surface area contributed by atoms with Crippen LogP contribution < -0.4 is 5.73 Å². The van der Waals surface area contributed by atoms with Crippen LogP contribution in [0.5, 0.6) is 0 Å². The third kappa shape index (κ3) is 64.2. The number of ether oxygens (including phenoxy) is 2. The van der Waals surface area contributed by atoms with Crippen LogP contribution in [0.15, 0.2) is 85.1 Å². The molecule has 0 spiro atoms. The summed E-state index contributed by atoms with van der Waals surface area (Å²) in [6.07, 6.45) is 85.2. The van der Waals surface area contributed by atoms with Crippen LogP contribution in [0.1, 0.15) is 309 Å². The molecular formula is C69H124NO8P. The summed E-state index contributed by atoms with van der Waals surface area (Å²) in [6, 6.07) is 0. The van der Waals surface area contributed by atoms with Crippen molar-refractivity contribution in [1.82, 2.24) is 0 Å². The van der Waals surface area contributed by atoms with Crippen LogP contribution in [0, 0.1) is 0 Å². The van der Waals surface area contributed by atoms with Gasteiger partial charge in [0.05, 0.1) is 13.2 Å². The van der Waals surface area contributed by atoms with Crippen molar-refractivity contribution >= 4 is 19.8 Å². The van der Waals surface area contributed by atoms with Crippen LogP contribution >= 0.6 is 7.82 Å². The number of carbonyl (C=O) groups excluding carboxylic acids is 2. The summed E-state index contributed by atoms with van der Waals surface area (Å²) in [4.78, 5) is 35.3. The second-order valence-electron chi connectivity index (χ2n) is 22.0. The lowest BCUT2D eigenvalue weighted by atomic mass is 10.0. The van der Waals surface area contributed by atoms with Gasteiger partial charge in [0, 0.05) is 19.4 Å². The Balaban J connectivity index is 3.91. The summed E-state index contributed by atoms with van der Waals surface area (Å²) in [5.74, 6) is -0.829. The van der Waals surface area contributed by atoms with Gasteiger partial charge in [0.25, 0.3) is 0 Å². The molecule has 0 aromatic rings. The first-order valence-electron chi connectivity index (χ1n) is 33.1. The Hall–Kier alpha value is -2.81. The third-order valence-electron chi connectivity index (χ3n) is 14.3. The summed E-state index contributed by atoms with van der Waals surface area (Å²) in [5, 5.41) is 0. The molecule has 3 N–H and O–H groups in total. The fraction of sp³-hybridized carbons (Fsp3) is 0.768. The molecule has 0 heterocycles. The molecule has 0 amide bonds. The molecule has 0 aliphatic rings. The summed E-state index contributed by atoms with van der Waals surface area (Å²) >= 11 is 0. The standard InChI is InChI=1S/C69H124NO8P/c1-3-5-7-9-11-13-15-17-19-21-23-25-27-29-31-32-33-34-36-37-39-41-43-45-47-49-51-53-55-57-59-61-68(71)75-65-67(66-77-79(73,74)76-64-63-70)78-69(72)62-60-58-56-54-52-50-48-46-44-42-40-38-35-30-28-26-24-22-20-18-16-14-12-10-8-6-4-2/h6,8,12,14,18,20-21,23-24,26,30,35,40,42,67H,3-5,7,9-11,13,15-17,19,22,25,27-29,31-34,36-39,41,43-66,70H2,1-2H3,(H,73,74)/b8-6-,14-12-,20-18-,23-21-,26-24-,35-30-,42-40-. The number of phosphoric ester groups is 1. The van der Waals surface area contributed by atoms with Crippen LogP contribution in [-0.2, 0) is 32.7 Å². The number of allylic oxidation sites excluding steroid dienone is 14. The SMILES string of the molecule is CC/C=C\C/C=C\C/C=C\C/C=C\C/C=C\C/C=C\CCCCCCCCCCC(=O)OC(COC(=O)CCCCCCCCCCCCCCCCCCCCC/C=C\CCCCCCCCCC)COP(=O)(O)OCCN. The number of nitrogens with two attached hydrogens (primary N) is 1. The number of hydrogen-bond acceptors (Lipinski definition) is 8. The Morgan fingerprint density at radius 2 is 0.696 bits per heavy atom. The zero-order chi connectivity index (χ0) is 57.3. The number of rotatable bonds is 62. The van der Waals surface area contributed by atoms with E-state index in [9.17, 15) is 19.0 Å². The van der Waals surface area contributed by atoms with Crippen molar-refractivity contribution in [2.75, 3.05) is 26.4 Å². The van der Waals surface area contributed by atoms with Gasteiger partial charge in [-0.05, 0) is 89.9 Å². The first-order valence-corrected chi connectivity index (χ1v) is 34.6. The van der Waals surface area contributed by atoms with Crippen molar-refractivity contribution in [3.63, 3.8) is 0 Å². The topological polar surface area (TPSA) is 134 Å². The maximum Gasteiger partial charge on any atom is 0.472 e. The molecule has 0 aromatic carbocycles. The van der Waals surface area contributed by atoms with E-state index >= 15 is 0 Å². The van der Waals surface area contributed by atoms with E-state index in [1.165, 1.54) is 193 Å². The van der Waals surface area contributed by atoms with E-state index in [1.807, 2.05) is 0 Å². The zero-order valence-corrected chi connectivity index (χ0v) is 52.2. The molecule has 0 fully saturated rings. The van der Waals surface area contributed by atoms with Gasteiger partial charge in [-0.2, -0.15) is 0 Å². The third-order valence-corrected chi connectivity index (χ3v) is 15.2. The van der Waals surface area contributed by atoms with E-state index < -0.39 is 26.5 Å². The Labute approximate surface area is 487 Å². The second-order valence-corrected chi connectivity index (χ2v) is 23.4. The highest BCUT2D eigenvalue weighted by Crippen LogP contribution is 2.43. The van der Waals surface area contributed by atoms with Gasteiger partial charge in [-0.1, -0.05) is 292 Å². The summed E-state index contributed by atoms with van der Waals surface area (Å²) in [7, 11) is -4.40. The Morgan fingerprint density at radius 3 is 1.05 bits per heavy atom. The molecule has 0 aliphatic carbocycles. The van der Waals surface area contributed by atoms with Crippen molar-refractivity contribution < 1.29 is 37.6 Å². The smallest absolute Gasteiger partial charge is 0.462 e. The minimum absolute atomic E-state index is 0.0494. The van der Waals surface area contributed by atoms with Gasteiger partial charge < -0.3 is 20.1 Å². The fourth-order valence-corrected chi connectivity index (χ4v) is 10.2. The van der Waals surface area contributed by atoms with E-state index in [-0.39, 0.29) is 38.6 Å². The quantitative estimate of drug-likeness (QED) is 0.0264. The highest BCUT2D eigenvalue weighted by molar-refractivity contribution is 7.47.